The largest absolute Gasteiger partial charge is 0.497 e. The molecule has 2 N–H and O–H groups in total. The van der Waals surface area contributed by atoms with E-state index >= 15 is 0 Å². The Balaban J connectivity index is 1.39. The monoisotopic (exact) mass is 693 g/mol. The minimum absolute atomic E-state index is 0.0792. The molecule has 40 heavy (non-hydrogen) atoms. The molecular weight excluding hydrogens is 665 g/mol. The highest BCUT2D eigenvalue weighted by atomic mass is 127. The number of nitrogens with zero attached hydrogens (tertiary/aromatic N) is 1. The van der Waals surface area contributed by atoms with Crippen molar-refractivity contribution in [1.82, 2.24) is 14.6 Å². The van der Waals surface area contributed by atoms with Crippen molar-refractivity contribution in [3.8, 4) is 5.75 Å². The second-order valence-corrected chi connectivity index (χ2v) is 12.6. The molecule has 0 unspecified atom stereocenters. The van der Waals surface area contributed by atoms with Crippen LogP contribution in [0.1, 0.15) is 34.5 Å². The number of aromatic nitrogens is 1. The molecule has 0 saturated heterocycles. The van der Waals surface area contributed by atoms with E-state index in [4.69, 9.17) is 16.3 Å². The summed E-state index contributed by atoms with van der Waals surface area (Å²) in [6.07, 6.45) is 1.25. The van der Waals surface area contributed by atoms with Crippen molar-refractivity contribution in [2.24, 2.45) is 0 Å². The van der Waals surface area contributed by atoms with Crippen LogP contribution in [-0.2, 0) is 21.2 Å². The molecule has 0 radical (unpaired) electrons. The van der Waals surface area contributed by atoms with Gasteiger partial charge < -0.3 is 10.1 Å². The third-order valence-electron chi connectivity index (χ3n) is 6.52. The maximum atomic E-state index is 13.4. The number of benzene rings is 3. The molecule has 0 aliphatic rings. The van der Waals surface area contributed by atoms with Gasteiger partial charge in [0.2, 0.25) is 15.9 Å². The number of carbonyl (C=O) groups excluding carboxylic acids is 2. The van der Waals surface area contributed by atoms with Crippen LogP contribution in [0.2, 0.25) is 5.02 Å². The van der Waals surface area contributed by atoms with Crippen LogP contribution in [0.25, 0.3) is 10.9 Å². The molecule has 0 saturated carbocycles. The number of unbranched alkanes of at least 4 members (excludes halogenated alkanes) is 1. The predicted octanol–water partition coefficient (Wildman–Crippen LogP) is 5.32. The van der Waals surface area contributed by atoms with Crippen LogP contribution in [-0.4, -0.2) is 45.0 Å². The van der Waals surface area contributed by atoms with Gasteiger partial charge >= 0.3 is 0 Å². The molecule has 1 aromatic heterocycles. The first-order valence-corrected chi connectivity index (χ1v) is 15.5. The number of amides is 1. The van der Waals surface area contributed by atoms with Gasteiger partial charge in [0.05, 0.1) is 23.9 Å². The van der Waals surface area contributed by atoms with Crippen molar-refractivity contribution in [1.29, 1.82) is 0 Å². The summed E-state index contributed by atoms with van der Waals surface area (Å²) in [5.41, 5.74) is 2.57. The molecular formula is C29H29ClIN3O5S. The molecule has 0 bridgehead atoms. The number of carbonyl (C=O) groups is 2. The number of sulfonamides is 1. The van der Waals surface area contributed by atoms with Crippen LogP contribution < -0.4 is 14.8 Å². The normalized spacial score (nSPS) is 11.5. The van der Waals surface area contributed by atoms with Gasteiger partial charge in [-0.25, -0.2) is 13.1 Å². The van der Waals surface area contributed by atoms with Gasteiger partial charge in [-0.2, -0.15) is 0 Å². The smallest absolute Gasteiger partial charge is 0.262 e. The van der Waals surface area contributed by atoms with E-state index in [2.05, 4.69) is 32.6 Å². The van der Waals surface area contributed by atoms with Crippen LogP contribution in [0.4, 0.5) is 0 Å². The highest BCUT2D eigenvalue weighted by Gasteiger charge is 2.22. The highest BCUT2D eigenvalue weighted by molar-refractivity contribution is 14.1. The fourth-order valence-electron chi connectivity index (χ4n) is 4.40. The lowest BCUT2D eigenvalue weighted by Gasteiger charge is -2.09. The number of halogens is 2. The molecule has 0 atom stereocenters. The Bertz CT molecular complexity index is 1640. The number of hydrogen-bond acceptors (Lipinski definition) is 5. The molecule has 8 nitrogen and oxygen atoms in total. The van der Waals surface area contributed by atoms with Crippen LogP contribution in [0.3, 0.4) is 0 Å². The van der Waals surface area contributed by atoms with Gasteiger partial charge in [0, 0.05) is 38.3 Å². The quantitative estimate of drug-likeness (QED) is 0.163. The van der Waals surface area contributed by atoms with Crippen LogP contribution in [0.5, 0.6) is 5.75 Å². The number of nitrogens with one attached hydrogen (secondary N) is 2. The first-order valence-electron chi connectivity index (χ1n) is 12.6. The van der Waals surface area contributed by atoms with Crippen LogP contribution in [0, 0.1) is 10.5 Å². The lowest BCUT2D eigenvalue weighted by molar-refractivity contribution is -0.120. The van der Waals surface area contributed by atoms with Crippen LogP contribution >= 0.6 is 34.2 Å². The van der Waals surface area contributed by atoms with Crippen molar-refractivity contribution >= 4 is 66.9 Å². The third kappa shape index (κ3) is 7.03. The van der Waals surface area contributed by atoms with Gasteiger partial charge in [0.15, 0.2) is 0 Å². The van der Waals surface area contributed by atoms with E-state index < -0.39 is 10.0 Å². The van der Waals surface area contributed by atoms with Gasteiger partial charge in [-0.3, -0.25) is 14.2 Å². The number of ether oxygens (including phenoxy) is 1. The Morgan fingerprint density at radius 1 is 0.975 bits per heavy atom. The molecule has 0 spiro atoms. The summed E-state index contributed by atoms with van der Waals surface area (Å²) < 4.78 is 35.4. The Labute approximate surface area is 252 Å². The van der Waals surface area contributed by atoms with Crippen molar-refractivity contribution < 1.29 is 22.7 Å². The molecule has 0 aliphatic carbocycles. The number of methoxy groups -OCH3 is 1. The van der Waals surface area contributed by atoms with Crippen molar-refractivity contribution in [3.05, 3.63) is 92.1 Å². The highest BCUT2D eigenvalue weighted by Crippen LogP contribution is 2.31. The van der Waals surface area contributed by atoms with E-state index in [0.29, 0.717) is 46.9 Å². The van der Waals surface area contributed by atoms with E-state index in [-0.39, 0.29) is 29.7 Å². The Morgan fingerprint density at radius 3 is 2.33 bits per heavy atom. The van der Waals surface area contributed by atoms with Crippen LogP contribution in [0.15, 0.2) is 71.6 Å². The molecule has 4 aromatic rings. The van der Waals surface area contributed by atoms with Crippen molar-refractivity contribution in [2.45, 2.75) is 31.1 Å². The molecule has 0 aliphatic heterocycles. The summed E-state index contributed by atoms with van der Waals surface area (Å²) in [4.78, 5) is 26.5. The third-order valence-corrected chi connectivity index (χ3v) is 8.96. The second-order valence-electron chi connectivity index (χ2n) is 9.18. The SMILES string of the molecule is COc1ccc2c(c1)c(CC(=O)NCCCCNS(=O)(=O)c1ccc(I)cc1)c(C)n2C(=O)c1ccc(Cl)cc1. The molecule has 1 amide bonds. The zero-order valence-electron chi connectivity index (χ0n) is 22.0. The molecule has 3 aromatic carbocycles. The summed E-state index contributed by atoms with van der Waals surface area (Å²) in [5, 5.41) is 4.21. The van der Waals surface area contributed by atoms with E-state index in [9.17, 15) is 18.0 Å². The fourth-order valence-corrected chi connectivity index (χ4v) is 5.96. The summed E-state index contributed by atoms with van der Waals surface area (Å²) in [7, 11) is -2.00. The number of fused-ring (bicyclic) bond motifs is 1. The fraction of sp³-hybridized carbons (Fsp3) is 0.241. The van der Waals surface area contributed by atoms with E-state index in [1.807, 2.05) is 19.1 Å². The molecule has 1 heterocycles. The molecule has 0 fully saturated rings. The zero-order valence-corrected chi connectivity index (χ0v) is 25.8. The summed E-state index contributed by atoms with van der Waals surface area (Å²) in [5.74, 6) is 0.213. The van der Waals surface area contributed by atoms with E-state index in [1.54, 1.807) is 66.3 Å². The number of hydrogen-bond donors (Lipinski definition) is 2. The number of rotatable bonds is 11. The van der Waals surface area contributed by atoms with Gasteiger partial charge in [-0.15, -0.1) is 0 Å². The predicted molar refractivity (Wildman–Crippen MR) is 165 cm³/mol. The van der Waals surface area contributed by atoms with Crippen molar-refractivity contribution in [2.75, 3.05) is 20.2 Å². The van der Waals surface area contributed by atoms with Gasteiger partial charge in [0.25, 0.3) is 5.91 Å². The Hall–Kier alpha value is -2.93. The average Bonchev–Trinajstić information content (AvgIpc) is 3.20. The minimum atomic E-state index is -3.57. The first-order chi connectivity index (χ1) is 19.1. The summed E-state index contributed by atoms with van der Waals surface area (Å²) in [6.45, 7) is 2.49. The topological polar surface area (TPSA) is 106 Å². The zero-order chi connectivity index (χ0) is 28.9. The summed E-state index contributed by atoms with van der Waals surface area (Å²) >= 11 is 8.12. The van der Waals surface area contributed by atoms with Crippen molar-refractivity contribution in [3.63, 3.8) is 0 Å². The Kier molecular flexibility index (Phi) is 9.88. The Morgan fingerprint density at radius 2 is 1.65 bits per heavy atom. The van der Waals surface area contributed by atoms with E-state index in [0.717, 1.165) is 14.5 Å². The lowest BCUT2D eigenvalue weighted by Crippen LogP contribution is -2.28. The lowest BCUT2D eigenvalue weighted by atomic mass is 10.1. The van der Waals surface area contributed by atoms with Gasteiger partial charge in [-0.1, -0.05) is 11.6 Å². The standard InChI is InChI=1S/C29H29ClIN3O5S/c1-19-25(18-28(35)32-15-3-4-16-33-40(37,38)24-12-9-22(31)10-13-24)26-17-23(39-2)11-14-27(26)34(19)29(36)20-5-7-21(30)8-6-20/h5-14,17,33H,3-4,15-16,18H2,1-2H3,(H,32,35). The average molecular weight is 694 g/mol. The first kappa shape index (κ1) is 30.0. The maximum absolute atomic E-state index is 13.4. The van der Waals surface area contributed by atoms with E-state index in [1.165, 1.54) is 0 Å². The molecule has 11 heteroatoms. The second kappa shape index (κ2) is 13.2. The molecule has 210 valence electrons. The van der Waals surface area contributed by atoms with Gasteiger partial charge in [-0.05, 0) is 115 Å². The summed E-state index contributed by atoms with van der Waals surface area (Å²) in [6, 6.07) is 18.7. The van der Waals surface area contributed by atoms with Gasteiger partial charge in [0.1, 0.15) is 5.75 Å². The maximum Gasteiger partial charge on any atom is 0.262 e. The molecule has 4 rings (SSSR count). The minimum Gasteiger partial charge on any atom is -0.497 e.